The molecule has 1 atom stereocenters. The Labute approximate surface area is 123 Å². The number of methoxy groups -OCH3 is 1. The Morgan fingerprint density at radius 2 is 2.23 bits per heavy atom. The molecule has 0 aromatic carbocycles. The Balaban J connectivity index is 2.40. The molecule has 1 amide bonds. The third kappa shape index (κ3) is 2.71. The molecule has 0 radical (unpaired) electrons. The molecule has 1 saturated heterocycles. The minimum Gasteiger partial charge on any atom is -0.478 e. The van der Waals surface area contributed by atoms with E-state index in [1.54, 1.807) is 0 Å². The Morgan fingerprint density at radius 1 is 1.55 bits per heavy atom. The zero-order valence-corrected chi connectivity index (χ0v) is 11.4. The van der Waals surface area contributed by atoms with Crippen LogP contribution in [0.1, 0.15) is 16.8 Å². The van der Waals surface area contributed by atoms with Crippen LogP contribution < -0.4 is 4.90 Å². The van der Waals surface area contributed by atoms with Crippen molar-refractivity contribution >= 4 is 29.4 Å². The lowest BCUT2D eigenvalue weighted by Crippen LogP contribution is -2.28. The van der Waals surface area contributed by atoms with Gasteiger partial charge in [-0.25, -0.2) is 9.78 Å². The van der Waals surface area contributed by atoms with E-state index in [9.17, 15) is 24.5 Å². The van der Waals surface area contributed by atoms with Gasteiger partial charge in [-0.2, -0.15) is 0 Å². The summed E-state index contributed by atoms with van der Waals surface area (Å²) >= 11 is 0. The van der Waals surface area contributed by atoms with Gasteiger partial charge in [0.1, 0.15) is 0 Å². The SMILES string of the molecule is COC(=O)C1CC(=O)N(c2ncc(C(=O)O)cc2[N+](=O)[O-])C1. The van der Waals surface area contributed by atoms with Crippen molar-refractivity contribution in [2.75, 3.05) is 18.6 Å². The van der Waals surface area contributed by atoms with E-state index in [0.29, 0.717) is 0 Å². The highest BCUT2D eigenvalue weighted by atomic mass is 16.6. The highest BCUT2D eigenvalue weighted by Gasteiger charge is 2.39. The Morgan fingerprint density at radius 3 is 2.77 bits per heavy atom. The molecule has 2 heterocycles. The summed E-state index contributed by atoms with van der Waals surface area (Å²) in [5.74, 6) is -3.51. The maximum absolute atomic E-state index is 11.9. The summed E-state index contributed by atoms with van der Waals surface area (Å²) in [6.07, 6.45) is 0.773. The number of esters is 1. The minimum absolute atomic E-state index is 0.105. The van der Waals surface area contributed by atoms with Crippen LogP contribution in [0.2, 0.25) is 0 Å². The second-order valence-corrected chi connectivity index (χ2v) is 4.56. The van der Waals surface area contributed by atoms with Gasteiger partial charge >= 0.3 is 17.6 Å². The Hall–Kier alpha value is -3.04. The van der Waals surface area contributed by atoms with Gasteiger partial charge in [0.2, 0.25) is 11.7 Å². The molecule has 1 N–H and O–H groups in total. The van der Waals surface area contributed by atoms with Crippen LogP contribution in [0.4, 0.5) is 11.5 Å². The summed E-state index contributed by atoms with van der Waals surface area (Å²) in [4.78, 5) is 49.2. The van der Waals surface area contributed by atoms with Gasteiger partial charge in [-0.3, -0.25) is 24.6 Å². The zero-order chi connectivity index (χ0) is 16.4. The Kier molecular flexibility index (Phi) is 4.02. The molecular formula is C12H11N3O7. The molecule has 1 aliphatic heterocycles. The number of pyridine rings is 1. The first kappa shape index (κ1) is 15.4. The van der Waals surface area contributed by atoms with E-state index in [2.05, 4.69) is 9.72 Å². The van der Waals surface area contributed by atoms with Crippen LogP contribution in [0.5, 0.6) is 0 Å². The van der Waals surface area contributed by atoms with E-state index in [1.165, 1.54) is 7.11 Å². The summed E-state index contributed by atoms with van der Waals surface area (Å²) in [5.41, 5.74) is -0.981. The van der Waals surface area contributed by atoms with E-state index in [1.807, 2.05) is 0 Å². The smallest absolute Gasteiger partial charge is 0.337 e. The maximum atomic E-state index is 11.9. The molecular weight excluding hydrogens is 298 g/mol. The second kappa shape index (κ2) is 5.76. The number of aromatic nitrogens is 1. The lowest BCUT2D eigenvalue weighted by molar-refractivity contribution is -0.384. The van der Waals surface area contributed by atoms with Crippen molar-refractivity contribution in [3.63, 3.8) is 0 Å². The highest BCUT2D eigenvalue weighted by molar-refractivity contribution is 6.00. The molecule has 22 heavy (non-hydrogen) atoms. The number of nitro groups is 1. The molecule has 0 aliphatic carbocycles. The number of aromatic carboxylic acids is 1. The average molecular weight is 309 g/mol. The summed E-state index contributed by atoms with van der Waals surface area (Å²) in [7, 11) is 1.18. The van der Waals surface area contributed by atoms with E-state index in [-0.39, 0.29) is 24.3 Å². The summed E-state index contributed by atoms with van der Waals surface area (Å²) in [6.45, 7) is -0.105. The first-order valence-corrected chi connectivity index (χ1v) is 6.11. The van der Waals surface area contributed by atoms with Crippen LogP contribution in [0.3, 0.4) is 0 Å². The molecule has 2 rings (SSSR count). The van der Waals surface area contributed by atoms with Crippen molar-refractivity contribution < 1.29 is 29.2 Å². The van der Waals surface area contributed by atoms with Crippen molar-refractivity contribution in [3.05, 3.63) is 27.9 Å². The standard InChI is InChI=1S/C12H11N3O7/c1-22-12(19)7-3-9(16)14(5-7)10-8(15(20)21)2-6(4-13-10)11(17)18/h2,4,7H,3,5H2,1H3,(H,17,18). The number of hydrogen-bond acceptors (Lipinski definition) is 7. The molecule has 0 saturated carbocycles. The monoisotopic (exact) mass is 309 g/mol. The third-order valence-corrected chi connectivity index (χ3v) is 3.21. The Bertz CT molecular complexity index is 673. The second-order valence-electron chi connectivity index (χ2n) is 4.56. The highest BCUT2D eigenvalue weighted by Crippen LogP contribution is 2.31. The third-order valence-electron chi connectivity index (χ3n) is 3.21. The number of rotatable bonds is 4. The van der Waals surface area contributed by atoms with Crippen LogP contribution in [0.25, 0.3) is 0 Å². The van der Waals surface area contributed by atoms with Gasteiger partial charge in [-0.15, -0.1) is 0 Å². The van der Waals surface area contributed by atoms with Crippen molar-refractivity contribution in [2.45, 2.75) is 6.42 Å². The molecule has 1 aromatic rings. The van der Waals surface area contributed by atoms with Gasteiger partial charge in [0.05, 0.1) is 23.5 Å². The van der Waals surface area contributed by atoms with Crippen LogP contribution in [-0.2, 0) is 14.3 Å². The number of nitrogens with zero attached hydrogens (tertiary/aromatic N) is 3. The fourth-order valence-electron chi connectivity index (χ4n) is 2.14. The number of carboxylic acid groups (broad SMARTS) is 1. The molecule has 116 valence electrons. The van der Waals surface area contributed by atoms with Gasteiger partial charge < -0.3 is 9.84 Å². The van der Waals surface area contributed by atoms with Gasteiger partial charge in [-0.1, -0.05) is 0 Å². The molecule has 10 nitrogen and oxygen atoms in total. The predicted molar refractivity (Wildman–Crippen MR) is 70.3 cm³/mol. The normalized spacial score (nSPS) is 17.4. The lowest BCUT2D eigenvalue weighted by atomic mass is 10.1. The quantitative estimate of drug-likeness (QED) is 0.473. The summed E-state index contributed by atoms with van der Waals surface area (Å²) in [5, 5.41) is 19.9. The number of carboxylic acids is 1. The average Bonchev–Trinajstić information content (AvgIpc) is 2.87. The molecule has 0 bridgehead atoms. The first-order valence-electron chi connectivity index (χ1n) is 6.11. The van der Waals surface area contributed by atoms with E-state index >= 15 is 0 Å². The number of amides is 1. The summed E-state index contributed by atoms with van der Waals surface area (Å²) in [6, 6.07) is 0.823. The molecule has 1 unspecified atom stereocenters. The largest absolute Gasteiger partial charge is 0.478 e. The molecule has 1 aromatic heterocycles. The number of anilines is 1. The van der Waals surface area contributed by atoms with Gasteiger partial charge in [0.25, 0.3) is 0 Å². The fourth-order valence-corrected chi connectivity index (χ4v) is 2.14. The number of carbonyl (C=O) groups is 3. The van der Waals surface area contributed by atoms with Crippen LogP contribution in [0.15, 0.2) is 12.3 Å². The van der Waals surface area contributed by atoms with Crippen LogP contribution >= 0.6 is 0 Å². The van der Waals surface area contributed by atoms with Gasteiger partial charge in [0, 0.05) is 25.2 Å². The zero-order valence-electron chi connectivity index (χ0n) is 11.4. The van der Waals surface area contributed by atoms with Crippen LogP contribution in [0, 0.1) is 16.0 Å². The molecule has 1 aliphatic rings. The topological polar surface area (TPSA) is 140 Å². The maximum Gasteiger partial charge on any atom is 0.337 e. The van der Waals surface area contributed by atoms with Gasteiger partial charge in [0.15, 0.2) is 0 Å². The van der Waals surface area contributed by atoms with Gasteiger partial charge in [-0.05, 0) is 0 Å². The first-order chi connectivity index (χ1) is 10.3. The summed E-state index contributed by atoms with van der Waals surface area (Å²) < 4.78 is 4.55. The number of ether oxygens (including phenoxy) is 1. The van der Waals surface area contributed by atoms with Crippen molar-refractivity contribution in [1.82, 2.24) is 4.98 Å². The fraction of sp³-hybridized carbons (Fsp3) is 0.333. The number of hydrogen-bond donors (Lipinski definition) is 1. The molecule has 1 fully saturated rings. The molecule has 10 heteroatoms. The van der Waals surface area contributed by atoms with E-state index < -0.39 is 34.4 Å². The van der Waals surface area contributed by atoms with E-state index in [0.717, 1.165) is 17.2 Å². The van der Waals surface area contributed by atoms with Crippen LogP contribution in [-0.4, -0.2) is 46.5 Å². The van der Waals surface area contributed by atoms with Crippen molar-refractivity contribution in [3.8, 4) is 0 Å². The van der Waals surface area contributed by atoms with Crippen molar-refractivity contribution in [2.24, 2.45) is 5.92 Å². The molecule has 0 spiro atoms. The predicted octanol–water partition coefficient (Wildman–Crippen LogP) is 0.214. The minimum atomic E-state index is -1.37. The number of carbonyl (C=O) groups excluding carboxylic acids is 2. The van der Waals surface area contributed by atoms with Crippen molar-refractivity contribution in [1.29, 1.82) is 0 Å². The lowest BCUT2D eigenvalue weighted by Gasteiger charge is -2.15. The van der Waals surface area contributed by atoms with E-state index in [4.69, 9.17) is 5.11 Å².